The van der Waals surface area contributed by atoms with Gasteiger partial charge in [-0.2, -0.15) is 0 Å². The third kappa shape index (κ3) is 28.9. The van der Waals surface area contributed by atoms with E-state index in [0.717, 1.165) is 38.6 Å². The molecule has 0 unspecified atom stereocenters. The van der Waals surface area contributed by atoms with E-state index in [0.29, 0.717) is 51.6 Å². The van der Waals surface area contributed by atoms with Crippen molar-refractivity contribution in [1.82, 2.24) is 77.3 Å². The van der Waals surface area contributed by atoms with Crippen LogP contribution in [-0.4, -0.2) is 276 Å². The van der Waals surface area contributed by atoms with Crippen molar-refractivity contribution in [2.45, 2.75) is 216 Å². The number of H-pyrrole nitrogens is 1. The fourth-order valence-electron chi connectivity index (χ4n) is 16.4. The van der Waals surface area contributed by atoms with Gasteiger partial charge in [0.05, 0.1) is 18.7 Å². The number of hydrogen-bond acceptors (Lipinski definition) is 19. The number of para-hydroxylation sites is 1. The first kappa shape index (κ1) is 101. The van der Waals surface area contributed by atoms with Crippen LogP contribution in [0.2, 0.25) is 0 Å². The van der Waals surface area contributed by atoms with Gasteiger partial charge in [0.25, 0.3) is 0 Å². The molecule has 36 nitrogen and oxygen atoms in total. The summed E-state index contributed by atoms with van der Waals surface area (Å²) in [6, 6.07) is 14.3. The number of amides is 15. The fourth-order valence-corrected chi connectivity index (χ4v) is 17.2. The fraction of sp³-hybridized carbons (Fsp3) is 0.473. The van der Waals surface area contributed by atoms with Gasteiger partial charge in [0.2, 0.25) is 88.6 Å². The molecular weight excluding hydrogens is 1710 g/mol. The second kappa shape index (κ2) is 48.4. The Morgan fingerprint density at radius 3 is 1.59 bits per heavy atom. The number of thioether (sulfide) groups is 1. The van der Waals surface area contributed by atoms with Crippen LogP contribution in [0.25, 0.3) is 10.9 Å². The summed E-state index contributed by atoms with van der Waals surface area (Å²) in [4.78, 5) is 259. The average molecular weight is 1830 g/mol. The van der Waals surface area contributed by atoms with Gasteiger partial charge in [-0.05, 0) is 115 Å². The predicted octanol–water partition coefficient (Wildman–Crippen LogP) is 2.45. The lowest BCUT2D eigenvalue weighted by Gasteiger charge is -2.38. The average Bonchev–Trinajstić information content (AvgIpc) is 1.77. The number of halogens is 1. The van der Waals surface area contributed by atoms with Crippen molar-refractivity contribution in [2.75, 3.05) is 52.3 Å². The number of carboxylic acid groups (broad SMARTS) is 2. The van der Waals surface area contributed by atoms with Gasteiger partial charge in [-0.1, -0.05) is 151 Å². The first-order chi connectivity index (χ1) is 62.4. The van der Waals surface area contributed by atoms with Crippen LogP contribution in [0.1, 0.15) is 133 Å². The number of aromatic hydroxyl groups is 1. The summed E-state index contributed by atoms with van der Waals surface area (Å²) in [5.74, 6) is -19.8. The smallest absolute Gasteiger partial charge is 0.305 e. The zero-order valence-corrected chi connectivity index (χ0v) is 75.5. The van der Waals surface area contributed by atoms with Crippen molar-refractivity contribution in [3.05, 3.63) is 173 Å². The van der Waals surface area contributed by atoms with E-state index in [2.05, 4.69) is 52.8 Å². The quantitative estimate of drug-likeness (QED) is 0.0414. The summed E-state index contributed by atoms with van der Waals surface area (Å²) in [5, 5.41) is 55.4. The molecule has 9 rings (SSSR count). The third-order valence-corrected chi connectivity index (χ3v) is 24.6. The minimum absolute atomic E-state index is 0.00742. The zero-order chi connectivity index (χ0) is 95.4. The van der Waals surface area contributed by atoms with Crippen molar-refractivity contribution in [3.63, 3.8) is 0 Å². The molecule has 15 N–H and O–H groups in total. The molecule has 3 aliphatic rings. The van der Waals surface area contributed by atoms with Crippen LogP contribution in [-0.2, 0) is 114 Å². The molecule has 38 heteroatoms. The Morgan fingerprint density at radius 1 is 0.504 bits per heavy atom. The van der Waals surface area contributed by atoms with Gasteiger partial charge in [0.15, 0.2) is 0 Å². The molecule has 1 aromatic heterocycles. The maximum absolute atomic E-state index is 15.7. The number of phenols is 1. The van der Waals surface area contributed by atoms with E-state index in [1.807, 2.05) is 6.92 Å². The van der Waals surface area contributed by atoms with Gasteiger partial charge in [-0.15, -0.1) is 11.8 Å². The number of aliphatic carboxylic acids is 2. The van der Waals surface area contributed by atoms with Crippen molar-refractivity contribution in [1.29, 1.82) is 0 Å². The molecule has 15 amide bonds. The summed E-state index contributed by atoms with van der Waals surface area (Å²) in [5.41, 5.74) is 8.35. The maximum atomic E-state index is 15.7. The Labute approximate surface area is 762 Å². The highest BCUT2D eigenvalue weighted by Gasteiger charge is 2.46. The third-order valence-electron chi connectivity index (χ3n) is 23.5. The number of aromatic nitrogens is 1. The summed E-state index contributed by atoms with van der Waals surface area (Å²) < 4.78 is 14.6. The van der Waals surface area contributed by atoms with Crippen molar-refractivity contribution in [3.8, 4) is 5.75 Å². The molecule has 0 bridgehead atoms. The van der Waals surface area contributed by atoms with Gasteiger partial charge in [-0.25, -0.2) is 4.39 Å². The van der Waals surface area contributed by atoms with Crippen LogP contribution in [0.5, 0.6) is 5.75 Å². The topological polar surface area (TPSA) is 517 Å². The molecule has 4 heterocycles. The normalized spacial score (nSPS) is 23.7. The zero-order valence-electron chi connectivity index (χ0n) is 74.7. The Balaban J connectivity index is 1.12. The largest absolute Gasteiger partial charge is 0.508 e. The van der Waals surface area contributed by atoms with Crippen LogP contribution in [0.15, 0.2) is 140 Å². The summed E-state index contributed by atoms with van der Waals surface area (Å²) in [6.45, 7) is 7.49. The molecule has 3 aliphatic heterocycles. The number of likely N-dealkylation sites (N-methyl/N-ethyl adjacent to an activating group) is 3. The number of phenolic OH excluding ortho intramolecular Hbond substituents is 1. The Kier molecular flexibility index (Phi) is 37.5. The van der Waals surface area contributed by atoms with Crippen LogP contribution in [0, 0.1) is 17.7 Å². The molecular formula is C93H119FN16O20S. The number of nitrogens with two attached hydrogens (primary N) is 1. The van der Waals surface area contributed by atoms with Gasteiger partial charge in [0.1, 0.15) is 90.1 Å². The molecule has 3 fully saturated rings. The summed E-state index contributed by atoms with van der Waals surface area (Å²) in [7, 11) is 3.94. The highest BCUT2D eigenvalue weighted by molar-refractivity contribution is 8.00. The van der Waals surface area contributed by atoms with E-state index >= 15 is 47.9 Å². The van der Waals surface area contributed by atoms with Gasteiger partial charge in [-0.3, -0.25) is 81.5 Å². The number of benzene rings is 5. The maximum Gasteiger partial charge on any atom is 0.305 e. The number of nitrogens with zero attached hydrogens (tertiary/aromatic N) is 5. The molecule has 6 aromatic rings. The number of rotatable bonds is 24. The molecule has 3 saturated heterocycles. The number of nitrogens with one attached hydrogen (secondary N) is 10. The molecule has 131 heavy (non-hydrogen) atoms. The molecule has 0 radical (unpaired) electrons. The Hall–Kier alpha value is -13.3. The van der Waals surface area contributed by atoms with Crippen molar-refractivity contribution >= 4 is 123 Å². The first-order valence-electron chi connectivity index (χ1n) is 44.0. The second-order valence-corrected chi connectivity index (χ2v) is 35.2. The van der Waals surface area contributed by atoms with Crippen molar-refractivity contribution in [2.24, 2.45) is 17.6 Å². The van der Waals surface area contributed by atoms with E-state index in [9.17, 15) is 53.3 Å². The van der Waals surface area contributed by atoms with Crippen LogP contribution in [0.4, 0.5) is 4.39 Å². The van der Waals surface area contributed by atoms with Gasteiger partial charge >= 0.3 is 11.9 Å². The van der Waals surface area contributed by atoms with Gasteiger partial charge < -0.3 is 98.4 Å². The highest BCUT2D eigenvalue weighted by Crippen LogP contribution is 2.28. The van der Waals surface area contributed by atoms with Crippen LogP contribution >= 0.6 is 11.8 Å². The van der Waals surface area contributed by atoms with E-state index in [4.69, 9.17) is 5.73 Å². The van der Waals surface area contributed by atoms with Crippen molar-refractivity contribution < 1.29 is 101 Å². The molecule has 5 aromatic carbocycles. The number of hydrogen-bond donors (Lipinski definition) is 14. The van der Waals surface area contributed by atoms with Crippen LogP contribution < -0.4 is 53.6 Å². The number of aromatic amines is 1. The lowest BCUT2D eigenvalue weighted by molar-refractivity contribution is -0.152. The minimum atomic E-state index is -1.93. The second-order valence-electron chi connectivity index (χ2n) is 34.1. The SMILES string of the molecule is CCCC[C@H]1C(=O)N2CCC[C@@H]2C(=O)N[C@@H](CC(=O)O)C(=O)N[C@@H](C(C)C)C(=O)N(C)[C@@H](Cc2ccccc2)C(=O)N[C@@H](CCC(=O)O)C(=O)N2CCC[C@@H]2C(=O)N[C@@H](Cc2c[nH]c3ccccc23)C(=O)N[C@@H](Cc2ccc(O)cc2)C(=O)N[C@@H](CC(C)C)C(=O)N[C@H](C(=O)NCC(N)=O)CSCC(=O)N[C@@H](Cc2ccc(F)cc2)C(=O)N(C)[C@@H](Cc2ccccc2)C(=O)N1C. The first-order valence-corrected chi connectivity index (χ1v) is 45.1. The standard InChI is InChI=1S/C93H119FN16O20S/c1-9-10-27-73-92(129)110-41-20-29-72(110)87(124)103-68(48-79(116)117)85(122)105-80(54(4)5)93(130)107(7)74(45-55-21-13-11-14-22-55)88(125)99-64(38-39-78(114)115)90(127)109-40-19-28-71(109)86(123)102-67(47-59-49-96-63-26-18-17-25-62(59)63)84(121)101-66(43-58-32-36-61(111)37-33-58)83(120)100-65(42-53(2)3)82(119)104-70(81(118)97-50-76(95)112)51-131-52-77(113)98-69(44-57-30-34-60(94)35-31-57)89(126)108(8)75(91(128)106(73)6)46-56-23-15-12-16-24-56/h11-18,21-26,30-37,49,53-54,64-75,80,96,111H,9-10,19-20,27-29,38-48,50-52H2,1-8H3,(H2,95,112)(H,97,118)(H,98,113)(H,99,125)(H,100,120)(H,101,121)(H,102,123)(H,103,124)(H,104,119)(H,105,122)(H,114,115)(H,116,117)/t64-,65-,66-,67-,68-,69-,70-,71+,72+,73-,74-,75-,80-/m0/s1. The predicted molar refractivity (Wildman–Crippen MR) is 481 cm³/mol. The van der Waals surface area contributed by atoms with Crippen LogP contribution in [0.3, 0.4) is 0 Å². The minimum Gasteiger partial charge on any atom is -0.508 e. The molecule has 0 spiro atoms. The molecule has 0 saturated carbocycles. The van der Waals surface area contributed by atoms with E-state index in [1.165, 1.54) is 67.3 Å². The lowest BCUT2D eigenvalue weighted by atomic mass is 9.98. The summed E-state index contributed by atoms with van der Waals surface area (Å²) >= 11 is 0.783. The Morgan fingerprint density at radius 2 is 1.01 bits per heavy atom. The van der Waals surface area contributed by atoms with E-state index in [-0.39, 0.29) is 95.4 Å². The molecule has 13 atom stereocenters. The lowest BCUT2D eigenvalue weighted by Crippen LogP contribution is -2.62. The number of fused-ring (bicyclic) bond motifs is 3. The summed E-state index contributed by atoms with van der Waals surface area (Å²) in [6.07, 6.45) is -0.955. The number of unbranched alkanes of at least 4 members (excludes halogenated alkanes) is 1. The van der Waals surface area contributed by atoms with Gasteiger partial charge in [0, 0.05) is 95.6 Å². The monoisotopic (exact) mass is 1830 g/mol. The molecule has 0 aliphatic carbocycles. The molecule has 704 valence electrons. The van der Waals surface area contributed by atoms with E-state index < -0.39 is 228 Å². The number of primary amides is 1. The number of carbonyl (C=O) groups is 17. The van der Waals surface area contributed by atoms with E-state index in [1.54, 1.807) is 119 Å². The Bertz CT molecular complexity index is 5070. The number of carbonyl (C=O) groups excluding carboxylic acids is 15. The highest BCUT2D eigenvalue weighted by atomic mass is 32.2. The number of carboxylic acids is 2.